The van der Waals surface area contributed by atoms with Gasteiger partial charge in [0.05, 0.1) is 17.3 Å². The molecule has 0 fully saturated rings. The maximum Gasteiger partial charge on any atom is 0.128 e. The number of nitrogens with two attached hydrogens (primary N) is 1. The van der Waals surface area contributed by atoms with Gasteiger partial charge in [-0.25, -0.2) is 4.98 Å². The van der Waals surface area contributed by atoms with Crippen LogP contribution in [0.2, 0.25) is 0 Å². The minimum Gasteiger partial charge on any atom is -0.493 e. The van der Waals surface area contributed by atoms with Gasteiger partial charge in [0.25, 0.3) is 0 Å². The van der Waals surface area contributed by atoms with Crippen molar-refractivity contribution in [2.45, 2.75) is 39.7 Å². The summed E-state index contributed by atoms with van der Waals surface area (Å²) in [6, 6.07) is 6.49. The number of thiazole rings is 1. The molecule has 0 aliphatic carbocycles. The van der Waals surface area contributed by atoms with Crippen LogP contribution >= 0.6 is 11.3 Å². The molecule has 1 aromatic carbocycles. The Bertz CT molecular complexity index is 640. The normalized spacial score (nSPS) is 12.6. The van der Waals surface area contributed by atoms with Crippen molar-refractivity contribution in [2.24, 2.45) is 11.7 Å². The van der Waals surface area contributed by atoms with Crippen molar-refractivity contribution in [3.05, 3.63) is 34.2 Å². The summed E-state index contributed by atoms with van der Waals surface area (Å²) < 4.78 is 11.1. The van der Waals surface area contributed by atoms with Crippen molar-refractivity contribution in [2.75, 3.05) is 20.3 Å². The number of hydrogen-bond donors (Lipinski definition) is 1. The molecule has 0 saturated carbocycles. The fraction of sp³-hybridized carbons (Fsp3) is 0.526. The first-order chi connectivity index (χ1) is 11.5. The van der Waals surface area contributed by atoms with E-state index in [1.807, 2.05) is 6.92 Å². The standard InChI is InChI=1S/C19H28N2O2S/c1-13(2)17(20)10-15-6-7-16(18-12-24-14(3)21-18)19(11-15)23-9-5-8-22-4/h6-7,11-13,17H,5,8-10,20H2,1-4H3. The Morgan fingerprint density at radius 3 is 2.67 bits per heavy atom. The second-order valence-corrected chi connectivity index (χ2v) is 7.45. The Morgan fingerprint density at radius 2 is 2.04 bits per heavy atom. The summed E-state index contributed by atoms with van der Waals surface area (Å²) in [4.78, 5) is 4.59. The zero-order valence-corrected chi connectivity index (χ0v) is 15.9. The molecular weight excluding hydrogens is 320 g/mol. The number of methoxy groups -OCH3 is 1. The van der Waals surface area contributed by atoms with E-state index in [-0.39, 0.29) is 6.04 Å². The zero-order valence-electron chi connectivity index (χ0n) is 15.0. The SMILES string of the molecule is COCCCOc1cc(CC(N)C(C)C)ccc1-c1csc(C)n1. The number of aryl methyl sites for hydroxylation is 1. The number of ether oxygens (including phenoxy) is 2. The molecule has 2 rings (SSSR count). The van der Waals surface area contributed by atoms with E-state index < -0.39 is 0 Å². The van der Waals surface area contributed by atoms with Crippen LogP contribution < -0.4 is 10.5 Å². The molecule has 0 bridgehead atoms. The molecule has 2 aromatic rings. The molecule has 132 valence electrons. The van der Waals surface area contributed by atoms with Crippen LogP contribution in [0.3, 0.4) is 0 Å². The lowest BCUT2D eigenvalue weighted by Crippen LogP contribution is -2.28. The van der Waals surface area contributed by atoms with Crippen molar-refractivity contribution in [3.63, 3.8) is 0 Å². The summed E-state index contributed by atoms with van der Waals surface area (Å²) in [5.74, 6) is 1.33. The fourth-order valence-electron chi connectivity index (χ4n) is 2.41. The lowest BCUT2D eigenvalue weighted by molar-refractivity contribution is 0.172. The van der Waals surface area contributed by atoms with E-state index in [1.165, 1.54) is 5.56 Å². The Morgan fingerprint density at radius 1 is 1.25 bits per heavy atom. The molecule has 2 N–H and O–H groups in total. The van der Waals surface area contributed by atoms with Gasteiger partial charge in [0.2, 0.25) is 0 Å². The molecular formula is C19H28N2O2S. The zero-order chi connectivity index (χ0) is 17.5. The Hall–Kier alpha value is -1.43. The molecule has 1 heterocycles. The second kappa shape index (κ2) is 9.16. The molecule has 0 amide bonds. The van der Waals surface area contributed by atoms with Crippen LogP contribution in [-0.2, 0) is 11.2 Å². The van der Waals surface area contributed by atoms with Gasteiger partial charge >= 0.3 is 0 Å². The number of nitrogens with zero attached hydrogens (tertiary/aromatic N) is 1. The highest BCUT2D eigenvalue weighted by Gasteiger charge is 2.14. The maximum absolute atomic E-state index is 6.22. The molecule has 0 aliphatic heterocycles. The van der Waals surface area contributed by atoms with Crippen LogP contribution in [0.15, 0.2) is 23.6 Å². The first-order valence-corrected chi connectivity index (χ1v) is 9.32. The first kappa shape index (κ1) is 18.9. The minimum absolute atomic E-state index is 0.152. The first-order valence-electron chi connectivity index (χ1n) is 8.44. The van der Waals surface area contributed by atoms with Gasteiger partial charge in [-0.15, -0.1) is 11.3 Å². The van der Waals surface area contributed by atoms with E-state index in [2.05, 4.69) is 42.4 Å². The third-order valence-electron chi connectivity index (χ3n) is 4.02. The number of rotatable bonds is 9. The van der Waals surface area contributed by atoms with Gasteiger partial charge in [0.1, 0.15) is 5.75 Å². The van der Waals surface area contributed by atoms with E-state index in [4.69, 9.17) is 15.2 Å². The average Bonchev–Trinajstić information content (AvgIpc) is 2.98. The van der Waals surface area contributed by atoms with Gasteiger partial charge in [-0.3, -0.25) is 0 Å². The van der Waals surface area contributed by atoms with Gasteiger partial charge in [0.15, 0.2) is 0 Å². The van der Waals surface area contributed by atoms with Gasteiger partial charge < -0.3 is 15.2 Å². The summed E-state index contributed by atoms with van der Waals surface area (Å²) in [5, 5.41) is 3.13. The van der Waals surface area contributed by atoms with Gasteiger partial charge in [-0.05, 0) is 37.0 Å². The summed E-state index contributed by atoms with van der Waals surface area (Å²) in [6.45, 7) is 7.65. The van der Waals surface area contributed by atoms with E-state index in [0.29, 0.717) is 19.1 Å². The van der Waals surface area contributed by atoms with Crippen molar-refractivity contribution >= 4 is 11.3 Å². The van der Waals surface area contributed by atoms with Crippen molar-refractivity contribution in [3.8, 4) is 17.0 Å². The van der Waals surface area contributed by atoms with Crippen molar-refractivity contribution < 1.29 is 9.47 Å². The van der Waals surface area contributed by atoms with E-state index in [1.54, 1.807) is 18.4 Å². The number of aromatic nitrogens is 1. The highest BCUT2D eigenvalue weighted by molar-refractivity contribution is 7.09. The summed E-state index contributed by atoms with van der Waals surface area (Å²) >= 11 is 1.65. The van der Waals surface area contributed by atoms with Crippen molar-refractivity contribution in [1.82, 2.24) is 4.98 Å². The van der Waals surface area contributed by atoms with Crippen molar-refractivity contribution in [1.29, 1.82) is 0 Å². The molecule has 5 heteroatoms. The van der Waals surface area contributed by atoms with E-state index in [9.17, 15) is 0 Å². The largest absolute Gasteiger partial charge is 0.493 e. The Labute approximate surface area is 149 Å². The van der Waals surface area contributed by atoms with E-state index in [0.717, 1.165) is 34.9 Å². The monoisotopic (exact) mass is 348 g/mol. The van der Waals surface area contributed by atoms with Gasteiger partial charge in [-0.2, -0.15) is 0 Å². The third kappa shape index (κ3) is 5.30. The summed E-state index contributed by atoms with van der Waals surface area (Å²) in [6.07, 6.45) is 1.71. The van der Waals surface area contributed by atoms with Crippen LogP contribution in [0.1, 0.15) is 30.8 Å². The van der Waals surface area contributed by atoms with Crippen LogP contribution in [0.4, 0.5) is 0 Å². The summed E-state index contributed by atoms with van der Waals surface area (Å²) in [5.41, 5.74) is 9.44. The highest BCUT2D eigenvalue weighted by Crippen LogP contribution is 2.32. The predicted octanol–water partition coefficient (Wildman–Crippen LogP) is 4.06. The Balaban J connectivity index is 2.22. The average molecular weight is 349 g/mol. The predicted molar refractivity (Wildman–Crippen MR) is 101 cm³/mol. The Kier molecular flexibility index (Phi) is 7.21. The van der Waals surface area contributed by atoms with E-state index >= 15 is 0 Å². The molecule has 0 radical (unpaired) electrons. The van der Waals surface area contributed by atoms with Crippen LogP contribution in [0.5, 0.6) is 5.75 Å². The molecule has 1 aromatic heterocycles. The molecule has 0 saturated heterocycles. The minimum atomic E-state index is 0.152. The molecule has 1 atom stereocenters. The summed E-state index contributed by atoms with van der Waals surface area (Å²) in [7, 11) is 1.71. The fourth-order valence-corrected chi connectivity index (χ4v) is 3.02. The second-order valence-electron chi connectivity index (χ2n) is 6.39. The smallest absolute Gasteiger partial charge is 0.128 e. The maximum atomic E-state index is 6.22. The van der Waals surface area contributed by atoms with Crippen LogP contribution in [-0.4, -0.2) is 31.3 Å². The third-order valence-corrected chi connectivity index (χ3v) is 4.79. The van der Waals surface area contributed by atoms with Gasteiger partial charge in [0, 0.05) is 37.1 Å². The quantitative estimate of drug-likeness (QED) is 0.694. The van der Waals surface area contributed by atoms with Crippen LogP contribution in [0.25, 0.3) is 11.3 Å². The van der Waals surface area contributed by atoms with Crippen LogP contribution in [0, 0.1) is 12.8 Å². The molecule has 4 nitrogen and oxygen atoms in total. The molecule has 0 spiro atoms. The molecule has 24 heavy (non-hydrogen) atoms. The topological polar surface area (TPSA) is 57.4 Å². The lowest BCUT2D eigenvalue weighted by Gasteiger charge is -2.17. The lowest BCUT2D eigenvalue weighted by atomic mass is 9.96. The van der Waals surface area contributed by atoms with Gasteiger partial charge in [-0.1, -0.05) is 19.9 Å². The highest BCUT2D eigenvalue weighted by atomic mass is 32.1. The number of benzene rings is 1. The molecule has 0 aliphatic rings. The number of hydrogen-bond acceptors (Lipinski definition) is 5. The molecule has 1 unspecified atom stereocenters.